The predicted molar refractivity (Wildman–Crippen MR) is 110 cm³/mol. The van der Waals surface area contributed by atoms with Gasteiger partial charge >= 0.3 is 0 Å². The smallest absolute Gasteiger partial charge is 0.231 e. The summed E-state index contributed by atoms with van der Waals surface area (Å²) in [4.78, 5) is 1.05. The second-order valence-electron chi connectivity index (χ2n) is 7.83. The Bertz CT molecular complexity index is 856. The fourth-order valence-corrected chi connectivity index (χ4v) is 5.91. The lowest BCUT2D eigenvalue weighted by molar-refractivity contribution is 0.0182. The van der Waals surface area contributed by atoms with E-state index in [0.29, 0.717) is 11.5 Å². The molecule has 28 heavy (non-hydrogen) atoms. The highest BCUT2D eigenvalue weighted by Crippen LogP contribution is 2.51. The molecule has 2 aliphatic heterocycles. The van der Waals surface area contributed by atoms with Crippen LogP contribution in [0, 0.1) is 11.2 Å². The van der Waals surface area contributed by atoms with Crippen molar-refractivity contribution in [1.82, 2.24) is 0 Å². The van der Waals surface area contributed by atoms with E-state index in [2.05, 4.69) is 13.8 Å². The number of fused-ring (bicyclic) bond motifs is 2. The van der Waals surface area contributed by atoms with E-state index in [4.69, 9.17) is 9.47 Å². The highest BCUT2D eigenvalue weighted by Gasteiger charge is 2.44. The Labute approximate surface area is 170 Å². The molecule has 4 rings (SSSR count). The summed E-state index contributed by atoms with van der Waals surface area (Å²) in [7, 11) is 0. The number of benzene rings is 2. The van der Waals surface area contributed by atoms with Gasteiger partial charge in [-0.1, -0.05) is 32.8 Å². The lowest BCUT2D eigenvalue weighted by Gasteiger charge is -2.39. The van der Waals surface area contributed by atoms with Crippen LogP contribution in [-0.4, -0.2) is 23.8 Å². The van der Waals surface area contributed by atoms with E-state index in [1.54, 1.807) is 17.8 Å². The molecule has 0 bridgehead atoms. The number of unbranched alkanes of at least 4 members (excludes halogenated alkanes) is 1. The number of hydrogen-bond acceptors (Lipinski definition) is 4. The third-order valence-corrected chi connectivity index (χ3v) is 7.66. The van der Waals surface area contributed by atoms with Gasteiger partial charge in [0, 0.05) is 22.0 Å². The van der Waals surface area contributed by atoms with E-state index in [0.717, 1.165) is 47.5 Å². The summed E-state index contributed by atoms with van der Waals surface area (Å²) in [5, 5.41) is 11.7. The van der Waals surface area contributed by atoms with Crippen LogP contribution in [-0.2, 0) is 0 Å². The number of halogens is 1. The first-order valence-electron chi connectivity index (χ1n) is 10.1. The van der Waals surface area contributed by atoms with Gasteiger partial charge in [-0.05, 0) is 54.3 Å². The molecule has 0 fully saturated rings. The molecule has 1 unspecified atom stereocenters. The van der Waals surface area contributed by atoms with Crippen molar-refractivity contribution in [3.05, 3.63) is 53.3 Å². The minimum Gasteiger partial charge on any atom is -0.454 e. The standard InChI is InChI=1S/C23H27FO3S/c1-3-5-10-23(4-2)13-28-20-9-7-16(24)12-17(20)21(22(23)25)15-6-8-18-19(11-15)27-14-26-18/h6-9,11-12,21-22,25H,3-5,10,13-14H2,1-2H3/t21-,22-,23?/m1/s1. The zero-order valence-electron chi connectivity index (χ0n) is 16.4. The first kappa shape index (κ1) is 19.6. The minimum absolute atomic E-state index is 0.211. The SMILES string of the molecule is CCCCC1(CC)CSc2ccc(F)cc2[C@@H](c2ccc3c(c2)OCO3)[C@H]1O. The normalized spacial score (nSPS) is 26.0. The Morgan fingerprint density at radius 2 is 1.96 bits per heavy atom. The molecule has 0 radical (unpaired) electrons. The molecule has 0 aliphatic carbocycles. The molecular formula is C23H27FO3S. The lowest BCUT2D eigenvalue weighted by Crippen LogP contribution is -2.40. The van der Waals surface area contributed by atoms with E-state index in [1.807, 2.05) is 24.3 Å². The average Bonchev–Trinajstić information content (AvgIpc) is 3.13. The van der Waals surface area contributed by atoms with E-state index >= 15 is 0 Å². The van der Waals surface area contributed by atoms with Crippen LogP contribution >= 0.6 is 11.8 Å². The van der Waals surface area contributed by atoms with Gasteiger partial charge in [-0.2, -0.15) is 0 Å². The number of ether oxygens (including phenoxy) is 2. The van der Waals surface area contributed by atoms with Gasteiger partial charge in [0.25, 0.3) is 0 Å². The number of thioether (sulfide) groups is 1. The largest absolute Gasteiger partial charge is 0.454 e. The third-order valence-electron chi connectivity index (χ3n) is 6.25. The second kappa shape index (κ2) is 7.96. The average molecular weight is 403 g/mol. The molecule has 0 aromatic heterocycles. The molecule has 150 valence electrons. The van der Waals surface area contributed by atoms with Crippen LogP contribution in [0.5, 0.6) is 11.5 Å². The highest BCUT2D eigenvalue weighted by atomic mass is 32.2. The van der Waals surface area contributed by atoms with Crippen LogP contribution in [0.1, 0.15) is 56.6 Å². The molecule has 0 saturated heterocycles. The van der Waals surface area contributed by atoms with Gasteiger partial charge < -0.3 is 14.6 Å². The maximum Gasteiger partial charge on any atom is 0.231 e. The summed E-state index contributed by atoms with van der Waals surface area (Å²) in [5.74, 6) is 1.68. The monoisotopic (exact) mass is 402 g/mol. The molecule has 2 heterocycles. The van der Waals surface area contributed by atoms with Crippen molar-refractivity contribution < 1.29 is 19.0 Å². The van der Waals surface area contributed by atoms with Crippen LogP contribution < -0.4 is 9.47 Å². The van der Waals surface area contributed by atoms with Crippen molar-refractivity contribution in [1.29, 1.82) is 0 Å². The van der Waals surface area contributed by atoms with E-state index < -0.39 is 6.10 Å². The molecule has 2 aliphatic rings. The second-order valence-corrected chi connectivity index (χ2v) is 8.84. The maximum absolute atomic E-state index is 14.2. The van der Waals surface area contributed by atoms with Gasteiger partial charge in [-0.15, -0.1) is 11.8 Å². The van der Waals surface area contributed by atoms with Gasteiger partial charge in [-0.25, -0.2) is 4.39 Å². The molecular weight excluding hydrogens is 375 g/mol. The van der Waals surface area contributed by atoms with E-state index in [9.17, 15) is 9.50 Å². The molecule has 3 atom stereocenters. The summed E-state index contributed by atoms with van der Waals surface area (Å²) in [5.41, 5.74) is 1.60. The summed E-state index contributed by atoms with van der Waals surface area (Å²) in [6.07, 6.45) is 3.42. The van der Waals surface area contributed by atoms with Crippen molar-refractivity contribution in [2.24, 2.45) is 5.41 Å². The topological polar surface area (TPSA) is 38.7 Å². The van der Waals surface area contributed by atoms with Crippen LogP contribution in [0.3, 0.4) is 0 Å². The van der Waals surface area contributed by atoms with Gasteiger partial charge in [0.1, 0.15) is 5.82 Å². The highest BCUT2D eigenvalue weighted by molar-refractivity contribution is 7.99. The van der Waals surface area contributed by atoms with Crippen LogP contribution in [0.25, 0.3) is 0 Å². The van der Waals surface area contributed by atoms with Crippen molar-refractivity contribution in [3.63, 3.8) is 0 Å². The van der Waals surface area contributed by atoms with Crippen molar-refractivity contribution in [3.8, 4) is 11.5 Å². The first-order chi connectivity index (χ1) is 13.6. The van der Waals surface area contributed by atoms with Gasteiger partial charge in [0.05, 0.1) is 6.10 Å². The molecule has 2 aromatic carbocycles. The zero-order chi connectivity index (χ0) is 19.7. The fourth-order valence-electron chi connectivity index (χ4n) is 4.43. The fraction of sp³-hybridized carbons (Fsp3) is 0.478. The van der Waals surface area contributed by atoms with Crippen molar-refractivity contribution in [2.75, 3.05) is 12.5 Å². The van der Waals surface area contributed by atoms with Gasteiger partial charge in [0.2, 0.25) is 6.79 Å². The number of rotatable bonds is 5. The first-order valence-corrected chi connectivity index (χ1v) is 11.1. The Hall–Kier alpha value is -1.72. The molecule has 0 saturated carbocycles. The molecule has 0 amide bonds. The van der Waals surface area contributed by atoms with Crippen LogP contribution in [0.2, 0.25) is 0 Å². The maximum atomic E-state index is 14.2. The minimum atomic E-state index is -0.597. The predicted octanol–water partition coefficient (Wildman–Crippen LogP) is 5.74. The van der Waals surface area contributed by atoms with Crippen molar-refractivity contribution >= 4 is 11.8 Å². The zero-order valence-corrected chi connectivity index (χ0v) is 17.2. The lowest BCUT2D eigenvalue weighted by atomic mass is 9.69. The van der Waals surface area contributed by atoms with Gasteiger partial charge in [-0.3, -0.25) is 0 Å². The quantitative estimate of drug-likeness (QED) is 0.692. The molecule has 5 heteroatoms. The number of aliphatic hydroxyl groups excluding tert-OH is 1. The number of hydrogen-bond donors (Lipinski definition) is 1. The number of aliphatic hydroxyl groups is 1. The molecule has 0 spiro atoms. The summed E-state index contributed by atoms with van der Waals surface area (Å²) < 4.78 is 25.2. The van der Waals surface area contributed by atoms with Gasteiger partial charge in [0.15, 0.2) is 11.5 Å². The molecule has 2 aromatic rings. The molecule has 3 nitrogen and oxygen atoms in total. The molecule has 1 N–H and O–H groups in total. The van der Waals surface area contributed by atoms with Crippen LogP contribution in [0.4, 0.5) is 4.39 Å². The van der Waals surface area contributed by atoms with E-state index in [1.165, 1.54) is 6.07 Å². The van der Waals surface area contributed by atoms with Crippen LogP contribution in [0.15, 0.2) is 41.3 Å². The Morgan fingerprint density at radius 3 is 2.75 bits per heavy atom. The Morgan fingerprint density at radius 1 is 1.14 bits per heavy atom. The Balaban J connectivity index is 1.84. The van der Waals surface area contributed by atoms with Crippen molar-refractivity contribution in [2.45, 2.75) is 56.4 Å². The Kier molecular flexibility index (Phi) is 5.57. The summed E-state index contributed by atoms with van der Waals surface area (Å²) in [6.45, 7) is 4.55. The summed E-state index contributed by atoms with van der Waals surface area (Å²) >= 11 is 1.75. The summed E-state index contributed by atoms with van der Waals surface area (Å²) in [6, 6.07) is 10.8. The van der Waals surface area contributed by atoms with E-state index in [-0.39, 0.29) is 23.9 Å². The third kappa shape index (κ3) is 3.39.